The number of nitrogens with zero attached hydrogens (tertiary/aromatic N) is 1. The van der Waals surface area contributed by atoms with Gasteiger partial charge in [0.2, 0.25) is 0 Å². The van der Waals surface area contributed by atoms with E-state index in [-0.39, 0.29) is 17.4 Å². The molecule has 4 nitrogen and oxygen atoms in total. The van der Waals surface area contributed by atoms with Crippen molar-refractivity contribution in [3.63, 3.8) is 0 Å². The lowest BCUT2D eigenvalue weighted by atomic mass is 10.1. The molecule has 1 aliphatic heterocycles. The van der Waals surface area contributed by atoms with Crippen LogP contribution in [0.5, 0.6) is 11.5 Å². The normalized spacial score (nSPS) is 13.1. The molecule has 0 aromatic heterocycles. The van der Waals surface area contributed by atoms with E-state index in [2.05, 4.69) is 0 Å². The second kappa shape index (κ2) is 6.56. The molecule has 0 fully saturated rings. The van der Waals surface area contributed by atoms with Crippen molar-refractivity contribution in [3.8, 4) is 11.5 Å². The van der Waals surface area contributed by atoms with Crippen LogP contribution < -0.4 is 9.64 Å². The average molecular weight is 378 g/mol. The fraction of sp³-hybridized carbons (Fsp3) is 0.0909. The van der Waals surface area contributed by atoms with Crippen molar-refractivity contribution in [1.29, 1.82) is 0 Å². The summed E-state index contributed by atoms with van der Waals surface area (Å²) in [5.74, 6) is 0.165. The number of amides is 2. The SMILES string of the molecule is Cc1ccc(C)c(N2C(=O)c3cccc(Oc4ccc(Cl)cc4)c3C2=O)c1. The molecule has 0 aliphatic carbocycles. The molecule has 0 N–H and O–H groups in total. The minimum Gasteiger partial charge on any atom is -0.457 e. The minimum absolute atomic E-state index is 0.276. The monoisotopic (exact) mass is 377 g/mol. The van der Waals surface area contributed by atoms with Gasteiger partial charge in [-0.15, -0.1) is 0 Å². The fourth-order valence-corrected chi connectivity index (χ4v) is 3.27. The summed E-state index contributed by atoms with van der Waals surface area (Å²) in [6, 6.07) is 17.6. The van der Waals surface area contributed by atoms with Crippen molar-refractivity contribution < 1.29 is 14.3 Å². The van der Waals surface area contributed by atoms with Gasteiger partial charge in [-0.05, 0) is 67.4 Å². The highest BCUT2D eigenvalue weighted by molar-refractivity contribution is 6.35. The van der Waals surface area contributed by atoms with Crippen LogP contribution in [-0.4, -0.2) is 11.8 Å². The van der Waals surface area contributed by atoms with Gasteiger partial charge in [-0.2, -0.15) is 0 Å². The zero-order valence-corrected chi connectivity index (χ0v) is 15.6. The maximum Gasteiger partial charge on any atom is 0.269 e. The molecular weight excluding hydrogens is 362 g/mol. The Balaban J connectivity index is 1.77. The van der Waals surface area contributed by atoms with E-state index < -0.39 is 0 Å². The maximum absolute atomic E-state index is 13.1. The second-order valence-corrected chi connectivity index (χ2v) is 6.91. The van der Waals surface area contributed by atoms with Crippen LogP contribution in [0.1, 0.15) is 31.8 Å². The summed E-state index contributed by atoms with van der Waals surface area (Å²) in [4.78, 5) is 27.3. The maximum atomic E-state index is 13.1. The number of imide groups is 1. The van der Waals surface area contributed by atoms with E-state index >= 15 is 0 Å². The van der Waals surface area contributed by atoms with Gasteiger partial charge in [0.15, 0.2) is 0 Å². The predicted octanol–water partition coefficient (Wildman–Crippen LogP) is 5.55. The van der Waals surface area contributed by atoms with Crippen molar-refractivity contribution in [3.05, 3.63) is 87.9 Å². The number of fused-ring (bicyclic) bond motifs is 1. The summed E-state index contributed by atoms with van der Waals surface area (Å²) in [7, 11) is 0. The van der Waals surface area contributed by atoms with Gasteiger partial charge in [-0.1, -0.05) is 29.8 Å². The van der Waals surface area contributed by atoms with Crippen LogP contribution in [0.25, 0.3) is 0 Å². The van der Waals surface area contributed by atoms with E-state index in [0.29, 0.717) is 27.8 Å². The van der Waals surface area contributed by atoms with Gasteiger partial charge < -0.3 is 4.74 Å². The van der Waals surface area contributed by atoms with Gasteiger partial charge in [0.25, 0.3) is 11.8 Å². The Labute approximate surface area is 161 Å². The number of benzene rings is 3. The highest BCUT2D eigenvalue weighted by Gasteiger charge is 2.39. The van der Waals surface area contributed by atoms with Gasteiger partial charge in [0.1, 0.15) is 11.5 Å². The molecule has 0 radical (unpaired) electrons. The van der Waals surface area contributed by atoms with Crippen LogP contribution in [-0.2, 0) is 0 Å². The minimum atomic E-state index is -0.381. The van der Waals surface area contributed by atoms with Crippen LogP contribution in [0.15, 0.2) is 60.7 Å². The topological polar surface area (TPSA) is 46.6 Å². The summed E-state index contributed by atoms with van der Waals surface area (Å²) in [5.41, 5.74) is 3.05. The first-order valence-corrected chi connectivity index (χ1v) is 8.86. The van der Waals surface area contributed by atoms with E-state index in [1.807, 2.05) is 32.0 Å². The van der Waals surface area contributed by atoms with Gasteiger partial charge in [0.05, 0.1) is 16.8 Å². The molecular formula is C22H16ClNO3. The van der Waals surface area contributed by atoms with Crippen LogP contribution >= 0.6 is 11.6 Å². The fourth-order valence-electron chi connectivity index (χ4n) is 3.15. The van der Waals surface area contributed by atoms with Crippen LogP contribution in [0.3, 0.4) is 0 Å². The summed E-state index contributed by atoms with van der Waals surface area (Å²) >= 11 is 5.90. The number of carbonyl (C=O) groups is 2. The molecule has 4 rings (SSSR count). The lowest BCUT2D eigenvalue weighted by Gasteiger charge is -2.17. The lowest BCUT2D eigenvalue weighted by molar-refractivity contribution is 0.0925. The summed E-state index contributed by atoms with van der Waals surface area (Å²) < 4.78 is 5.87. The largest absolute Gasteiger partial charge is 0.457 e. The van der Waals surface area contributed by atoms with Gasteiger partial charge >= 0.3 is 0 Å². The van der Waals surface area contributed by atoms with E-state index in [9.17, 15) is 9.59 Å². The molecule has 0 unspecified atom stereocenters. The molecule has 5 heteroatoms. The second-order valence-electron chi connectivity index (χ2n) is 6.47. The molecule has 1 heterocycles. The van der Waals surface area contributed by atoms with Crippen LogP contribution in [0.4, 0.5) is 5.69 Å². The van der Waals surface area contributed by atoms with Crippen molar-refractivity contribution in [1.82, 2.24) is 0 Å². The third-order valence-corrected chi connectivity index (χ3v) is 4.78. The number of hydrogen-bond donors (Lipinski definition) is 0. The number of anilines is 1. The van der Waals surface area contributed by atoms with Crippen LogP contribution in [0.2, 0.25) is 5.02 Å². The standard InChI is InChI=1S/C22H16ClNO3/c1-13-6-7-14(2)18(12-13)24-21(25)17-4-3-5-19(20(17)22(24)26)27-16-10-8-15(23)9-11-16/h3-12H,1-2H3. The predicted molar refractivity (Wildman–Crippen MR) is 105 cm³/mol. The van der Waals surface area contributed by atoms with Crippen molar-refractivity contribution >= 4 is 29.1 Å². The van der Waals surface area contributed by atoms with Gasteiger partial charge in [0, 0.05) is 5.02 Å². The Hall–Kier alpha value is -3.11. The molecule has 0 saturated carbocycles. The van der Waals surface area contributed by atoms with E-state index in [0.717, 1.165) is 11.1 Å². The van der Waals surface area contributed by atoms with Gasteiger partial charge in [-0.3, -0.25) is 9.59 Å². The lowest BCUT2D eigenvalue weighted by Crippen LogP contribution is -2.30. The molecule has 0 bridgehead atoms. The zero-order valence-electron chi connectivity index (χ0n) is 14.8. The highest BCUT2D eigenvalue weighted by atomic mass is 35.5. The third kappa shape index (κ3) is 2.98. The molecule has 2 amide bonds. The molecule has 0 saturated heterocycles. The van der Waals surface area contributed by atoms with Gasteiger partial charge in [-0.25, -0.2) is 4.90 Å². The third-order valence-electron chi connectivity index (χ3n) is 4.52. The van der Waals surface area contributed by atoms with Crippen molar-refractivity contribution in [2.75, 3.05) is 4.90 Å². The van der Waals surface area contributed by atoms with Crippen LogP contribution in [0, 0.1) is 13.8 Å². The molecule has 3 aromatic rings. The number of ether oxygens (including phenoxy) is 1. The Morgan fingerprint density at radius 1 is 0.889 bits per heavy atom. The quantitative estimate of drug-likeness (QED) is 0.562. The molecule has 134 valence electrons. The number of carbonyl (C=O) groups excluding carboxylic acids is 2. The van der Waals surface area contributed by atoms with E-state index in [4.69, 9.17) is 16.3 Å². The van der Waals surface area contributed by atoms with E-state index in [1.54, 1.807) is 42.5 Å². The summed E-state index contributed by atoms with van der Waals surface area (Å²) in [6.07, 6.45) is 0. The summed E-state index contributed by atoms with van der Waals surface area (Å²) in [6.45, 7) is 3.81. The van der Waals surface area contributed by atoms with Crippen molar-refractivity contribution in [2.45, 2.75) is 13.8 Å². The number of rotatable bonds is 3. The Kier molecular flexibility index (Phi) is 4.21. The first-order valence-electron chi connectivity index (χ1n) is 8.48. The molecule has 0 spiro atoms. The molecule has 0 atom stereocenters. The molecule has 1 aliphatic rings. The first-order chi connectivity index (χ1) is 13.0. The van der Waals surface area contributed by atoms with Crippen molar-refractivity contribution in [2.24, 2.45) is 0 Å². The first kappa shape index (κ1) is 17.3. The number of halogens is 1. The molecule has 27 heavy (non-hydrogen) atoms. The highest BCUT2D eigenvalue weighted by Crippen LogP contribution is 2.37. The van der Waals surface area contributed by atoms with E-state index in [1.165, 1.54) is 4.90 Å². The number of hydrogen-bond acceptors (Lipinski definition) is 3. The smallest absolute Gasteiger partial charge is 0.269 e. The zero-order chi connectivity index (χ0) is 19.1. The average Bonchev–Trinajstić information content (AvgIpc) is 2.91. The Bertz CT molecular complexity index is 1070. The Morgan fingerprint density at radius 3 is 2.37 bits per heavy atom. The summed E-state index contributed by atoms with van der Waals surface area (Å²) in [5, 5.41) is 0.591. The number of aryl methyl sites for hydroxylation is 2. The molecule has 3 aromatic carbocycles. The Morgan fingerprint density at radius 2 is 1.63 bits per heavy atom.